The second kappa shape index (κ2) is 7.88. The zero-order valence-corrected chi connectivity index (χ0v) is 12.7. The highest BCUT2D eigenvalue weighted by Gasteiger charge is 2.20. The zero-order valence-electron chi connectivity index (χ0n) is 11.1. The molecule has 1 aromatic rings. The van der Waals surface area contributed by atoms with Gasteiger partial charge in [0.25, 0.3) is 0 Å². The van der Waals surface area contributed by atoms with Crippen LogP contribution in [0.4, 0.5) is 0 Å². The molecule has 2 rings (SSSR count). The molecular formula is C15H22BrNO2. The van der Waals surface area contributed by atoms with E-state index in [9.17, 15) is 5.11 Å². The van der Waals surface area contributed by atoms with Crippen molar-refractivity contribution < 1.29 is 9.84 Å². The van der Waals surface area contributed by atoms with Crippen molar-refractivity contribution in [3.63, 3.8) is 0 Å². The number of nitrogens with one attached hydrogen (secondary N) is 1. The first-order valence-electron chi connectivity index (χ1n) is 7.05. The minimum absolute atomic E-state index is 0.201. The molecule has 4 heteroatoms. The molecular weight excluding hydrogens is 306 g/mol. The Hall–Kier alpha value is -0.580. The number of hydrogen-bond acceptors (Lipinski definition) is 3. The predicted octanol–water partition coefficient (Wildman–Crippen LogP) is 3.11. The summed E-state index contributed by atoms with van der Waals surface area (Å²) < 4.78 is 6.70. The molecule has 2 atom stereocenters. The summed E-state index contributed by atoms with van der Waals surface area (Å²) in [4.78, 5) is 0. The van der Waals surface area contributed by atoms with Crippen molar-refractivity contribution in [2.24, 2.45) is 0 Å². The predicted molar refractivity (Wildman–Crippen MR) is 80.5 cm³/mol. The lowest BCUT2D eigenvalue weighted by Gasteiger charge is -2.21. The van der Waals surface area contributed by atoms with Gasteiger partial charge in [0.05, 0.1) is 6.10 Å². The van der Waals surface area contributed by atoms with Gasteiger partial charge in [-0.3, -0.25) is 0 Å². The van der Waals surface area contributed by atoms with E-state index in [2.05, 4.69) is 21.2 Å². The molecule has 0 saturated heterocycles. The first kappa shape index (κ1) is 14.8. The van der Waals surface area contributed by atoms with Crippen LogP contribution in [0.25, 0.3) is 0 Å². The number of benzene rings is 1. The molecule has 0 radical (unpaired) electrons. The highest BCUT2D eigenvalue weighted by atomic mass is 79.9. The van der Waals surface area contributed by atoms with Crippen LogP contribution < -0.4 is 10.1 Å². The summed E-state index contributed by atoms with van der Waals surface area (Å²) in [5.41, 5.74) is 0. The van der Waals surface area contributed by atoms with Crippen molar-refractivity contribution >= 4 is 15.9 Å². The van der Waals surface area contributed by atoms with Crippen LogP contribution in [0.5, 0.6) is 5.75 Å². The Bertz CT molecular complexity index is 386. The normalized spacial score (nSPS) is 23.9. The van der Waals surface area contributed by atoms with Crippen molar-refractivity contribution in [3.05, 3.63) is 28.7 Å². The van der Waals surface area contributed by atoms with Gasteiger partial charge in [-0.05, 0) is 31.0 Å². The van der Waals surface area contributed by atoms with Gasteiger partial charge in [0, 0.05) is 17.1 Å². The van der Waals surface area contributed by atoms with Crippen molar-refractivity contribution in [2.45, 2.75) is 44.2 Å². The standard InChI is InChI=1S/C15H22BrNO2/c16-12-5-4-6-13(11-12)19-10-9-17-14-7-2-1-3-8-15(14)18/h4-6,11,14-15,17-18H,1-3,7-10H2. The summed E-state index contributed by atoms with van der Waals surface area (Å²) in [6.45, 7) is 1.40. The van der Waals surface area contributed by atoms with Gasteiger partial charge in [-0.25, -0.2) is 0 Å². The molecule has 1 fully saturated rings. The van der Waals surface area contributed by atoms with E-state index < -0.39 is 0 Å². The number of aliphatic hydroxyl groups is 1. The molecule has 0 bridgehead atoms. The van der Waals surface area contributed by atoms with Crippen molar-refractivity contribution in [1.82, 2.24) is 5.32 Å². The van der Waals surface area contributed by atoms with E-state index in [0.29, 0.717) is 6.61 Å². The van der Waals surface area contributed by atoms with Crippen LogP contribution in [-0.2, 0) is 0 Å². The van der Waals surface area contributed by atoms with E-state index in [-0.39, 0.29) is 12.1 Å². The average Bonchev–Trinajstić information content (AvgIpc) is 2.60. The summed E-state index contributed by atoms with van der Waals surface area (Å²) in [5.74, 6) is 0.873. The number of hydrogen-bond donors (Lipinski definition) is 2. The molecule has 106 valence electrons. The highest BCUT2D eigenvalue weighted by Crippen LogP contribution is 2.19. The molecule has 0 spiro atoms. The molecule has 2 unspecified atom stereocenters. The third-order valence-corrected chi connectivity index (χ3v) is 4.05. The Morgan fingerprint density at radius 1 is 1.26 bits per heavy atom. The third kappa shape index (κ3) is 5.13. The monoisotopic (exact) mass is 327 g/mol. The lowest BCUT2D eigenvalue weighted by atomic mass is 10.1. The average molecular weight is 328 g/mol. The highest BCUT2D eigenvalue weighted by molar-refractivity contribution is 9.10. The van der Waals surface area contributed by atoms with Gasteiger partial charge >= 0.3 is 0 Å². The minimum Gasteiger partial charge on any atom is -0.492 e. The van der Waals surface area contributed by atoms with E-state index in [0.717, 1.165) is 36.0 Å². The smallest absolute Gasteiger partial charge is 0.120 e. The number of rotatable bonds is 5. The second-order valence-corrected chi connectivity index (χ2v) is 5.99. The number of aliphatic hydroxyl groups excluding tert-OH is 1. The summed E-state index contributed by atoms with van der Waals surface area (Å²) in [7, 11) is 0. The number of ether oxygens (including phenoxy) is 1. The Kier molecular flexibility index (Phi) is 6.14. The maximum atomic E-state index is 9.99. The lowest BCUT2D eigenvalue weighted by Crippen LogP contribution is -2.41. The van der Waals surface area contributed by atoms with Crippen molar-refractivity contribution in [3.8, 4) is 5.75 Å². The molecule has 3 nitrogen and oxygen atoms in total. The molecule has 0 aliphatic heterocycles. The Labute approximate surface area is 123 Å². The van der Waals surface area contributed by atoms with Crippen LogP contribution in [0.2, 0.25) is 0 Å². The van der Waals surface area contributed by atoms with E-state index in [1.807, 2.05) is 24.3 Å². The third-order valence-electron chi connectivity index (χ3n) is 3.55. The van der Waals surface area contributed by atoms with Crippen LogP contribution in [0.1, 0.15) is 32.1 Å². The molecule has 1 aliphatic carbocycles. The Balaban J connectivity index is 1.68. The minimum atomic E-state index is -0.201. The zero-order chi connectivity index (χ0) is 13.5. The van der Waals surface area contributed by atoms with Crippen LogP contribution in [0, 0.1) is 0 Å². The molecule has 19 heavy (non-hydrogen) atoms. The van der Waals surface area contributed by atoms with Crippen LogP contribution >= 0.6 is 15.9 Å². The fraction of sp³-hybridized carbons (Fsp3) is 0.600. The summed E-state index contributed by atoms with van der Waals surface area (Å²) >= 11 is 3.42. The first-order valence-corrected chi connectivity index (χ1v) is 7.85. The van der Waals surface area contributed by atoms with Gasteiger partial charge in [0.1, 0.15) is 12.4 Å². The van der Waals surface area contributed by atoms with Gasteiger partial charge in [-0.2, -0.15) is 0 Å². The molecule has 2 N–H and O–H groups in total. The molecule has 0 heterocycles. The Morgan fingerprint density at radius 2 is 2.11 bits per heavy atom. The molecule has 1 aliphatic rings. The lowest BCUT2D eigenvalue weighted by molar-refractivity contribution is 0.117. The molecule has 1 aromatic carbocycles. The number of halogens is 1. The van der Waals surface area contributed by atoms with E-state index in [4.69, 9.17) is 4.74 Å². The maximum Gasteiger partial charge on any atom is 0.120 e. The van der Waals surface area contributed by atoms with E-state index >= 15 is 0 Å². The summed E-state index contributed by atoms with van der Waals surface area (Å²) in [6, 6.07) is 8.08. The van der Waals surface area contributed by atoms with Gasteiger partial charge in [-0.15, -0.1) is 0 Å². The first-order chi connectivity index (χ1) is 9.25. The quantitative estimate of drug-likeness (QED) is 0.645. The van der Waals surface area contributed by atoms with Crippen molar-refractivity contribution in [2.75, 3.05) is 13.2 Å². The van der Waals surface area contributed by atoms with Gasteiger partial charge in [-0.1, -0.05) is 41.3 Å². The largest absolute Gasteiger partial charge is 0.492 e. The summed E-state index contributed by atoms with van der Waals surface area (Å²) in [5, 5.41) is 13.4. The van der Waals surface area contributed by atoms with Crippen LogP contribution in [0.15, 0.2) is 28.7 Å². The van der Waals surface area contributed by atoms with Crippen LogP contribution in [-0.4, -0.2) is 30.4 Å². The second-order valence-electron chi connectivity index (χ2n) is 5.07. The molecule has 0 amide bonds. The fourth-order valence-electron chi connectivity index (χ4n) is 2.50. The van der Waals surface area contributed by atoms with E-state index in [1.165, 1.54) is 12.8 Å². The van der Waals surface area contributed by atoms with Gasteiger partial charge in [0.15, 0.2) is 0 Å². The van der Waals surface area contributed by atoms with Crippen molar-refractivity contribution in [1.29, 1.82) is 0 Å². The van der Waals surface area contributed by atoms with Gasteiger partial charge in [0.2, 0.25) is 0 Å². The van der Waals surface area contributed by atoms with E-state index in [1.54, 1.807) is 0 Å². The topological polar surface area (TPSA) is 41.5 Å². The maximum absolute atomic E-state index is 9.99. The summed E-state index contributed by atoms with van der Waals surface area (Å²) in [6.07, 6.45) is 5.38. The van der Waals surface area contributed by atoms with Crippen LogP contribution in [0.3, 0.4) is 0 Å². The molecule has 1 saturated carbocycles. The Morgan fingerprint density at radius 3 is 2.95 bits per heavy atom. The molecule has 0 aromatic heterocycles. The fourth-order valence-corrected chi connectivity index (χ4v) is 2.87. The van der Waals surface area contributed by atoms with Gasteiger partial charge < -0.3 is 15.2 Å². The SMILES string of the molecule is OC1CCCCCC1NCCOc1cccc(Br)c1.